The van der Waals surface area contributed by atoms with Crippen LogP contribution in [0.3, 0.4) is 0 Å². The van der Waals surface area contributed by atoms with Crippen LogP contribution in [0.1, 0.15) is 24.5 Å². The molecule has 0 aromatic heterocycles. The maximum Gasteiger partial charge on any atom is 0.159 e. The molecular formula is C24H27N3O4. The van der Waals surface area contributed by atoms with Crippen molar-refractivity contribution in [3.05, 3.63) is 102 Å². The Bertz CT molecular complexity index is 1030. The van der Waals surface area contributed by atoms with E-state index in [-0.39, 0.29) is 23.0 Å². The van der Waals surface area contributed by atoms with Gasteiger partial charge in [-0.1, -0.05) is 49.1 Å². The Labute approximate surface area is 181 Å². The Morgan fingerprint density at radius 2 is 1.71 bits per heavy atom. The molecule has 2 aromatic rings. The van der Waals surface area contributed by atoms with E-state index >= 15 is 0 Å². The minimum Gasteiger partial charge on any atom is -0.504 e. The van der Waals surface area contributed by atoms with Gasteiger partial charge in [0.25, 0.3) is 0 Å². The van der Waals surface area contributed by atoms with Gasteiger partial charge in [0.2, 0.25) is 0 Å². The molecule has 0 amide bonds. The first-order valence-corrected chi connectivity index (χ1v) is 9.99. The molecule has 0 saturated carbocycles. The van der Waals surface area contributed by atoms with Crippen LogP contribution in [0.2, 0.25) is 0 Å². The summed E-state index contributed by atoms with van der Waals surface area (Å²) < 4.78 is 0. The van der Waals surface area contributed by atoms with Gasteiger partial charge in [-0.3, -0.25) is 10.4 Å². The van der Waals surface area contributed by atoms with E-state index in [0.717, 1.165) is 23.0 Å². The molecule has 7 heteroatoms. The van der Waals surface area contributed by atoms with E-state index in [2.05, 4.69) is 24.0 Å². The average Bonchev–Trinajstić information content (AvgIpc) is 2.77. The molecule has 0 spiro atoms. The molecule has 0 radical (unpaired) electrons. The Balaban J connectivity index is 1.96. The normalized spacial score (nSPS) is 16.9. The minimum absolute atomic E-state index is 0.229. The van der Waals surface area contributed by atoms with Crippen molar-refractivity contribution in [1.82, 2.24) is 15.4 Å². The van der Waals surface area contributed by atoms with Crippen molar-refractivity contribution in [2.45, 2.75) is 19.8 Å². The molecular weight excluding hydrogens is 394 g/mol. The van der Waals surface area contributed by atoms with Gasteiger partial charge in [0.1, 0.15) is 5.70 Å². The highest BCUT2D eigenvalue weighted by atomic mass is 16.5. The van der Waals surface area contributed by atoms with Crippen LogP contribution in [0.4, 0.5) is 0 Å². The fourth-order valence-corrected chi connectivity index (χ4v) is 3.43. The molecule has 3 rings (SSSR count). The summed E-state index contributed by atoms with van der Waals surface area (Å²) in [6.45, 7) is 5.93. The zero-order valence-electron chi connectivity index (χ0n) is 17.4. The second-order valence-electron chi connectivity index (χ2n) is 7.00. The van der Waals surface area contributed by atoms with Crippen LogP contribution in [0, 0.1) is 0 Å². The van der Waals surface area contributed by atoms with E-state index in [9.17, 15) is 20.6 Å². The van der Waals surface area contributed by atoms with E-state index in [1.54, 1.807) is 25.1 Å². The number of hydroxylamine groups is 4. The second-order valence-corrected chi connectivity index (χ2v) is 7.00. The van der Waals surface area contributed by atoms with Crippen molar-refractivity contribution in [3.8, 4) is 11.5 Å². The van der Waals surface area contributed by atoms with Gasteiger partial charge in [-0.15, -0.1) is 0 Å². The second kappa shape index (κ2) is 9.88. The van der Waals surface area contributed by atoms with E-state index in [1.165, 1.54) is 23.8 Å². The number of aryl methyl sites for hydroxylation is 1. The number of rotatable bonds is 7. The molecule has 162 valence electrons. The Morgan fingerprint density at radius 3 is 2.35 bits per heavy atom. The lowest BCUT2D eigenvalue weighted by molar-refractivity contribution is -0.0646. The monoisotopic (exact) mass is 421 g/mol. The molecule has 31 heavy (non-hydrogen) atoms. The highest BCUT2D eigenvalue weighted by Crippen LogP contribution is 2.38. The van der Waals surface area contributed by atoms with Gasteiger partial charge < -0.3 is 15.5 Å². The number of nitrogens with zero attached hydrogens (tertiary/aromatic N) is 2. The smallest absolute Gasteiger partial charge is 0.159 e. The van der Waals surface area contributed by atoms with Crippen LogP contribution >= 0.6 is 0 Å². The maximum atomic E-state index is 11.0. The number of hydrogen-bond donors (Lipinski definition) is 5. The first kappa shape index (κ1) is 22.0. The number of nitrogens with one attached hydrogen (secondary N) is 1. The van der Waals surface area contributed by atoms with Gasteiger partial charge in [0, 0.05) is 12.1 Å². The summed E-state index contributed by atoms with van der Waals surface area (Å²) in [5.41, 5.74) is 2.50. The van der Waals surface area contributed by atoms with E-state index in [4.69, 9.17) is 0 Å². The number of phenols is 2. The molecule has 1 aliphatic rings. The van der Waals surface area contributed by atoms with Gasteiger partial charge in [-0.05, 0) is 49.6 Å². The predicted octanol–water partition coefficient (Wildman–Crippen LogP) is 4.32. The molecule has 0 aliphatic carbocycles. The van der Waals surface area contributed by atoms with Crippen LogP contribution in [0.5, 0.6) is 11.5 Å². The van der Waals surface area contributed by atoms with Crippen LogP contribution < -0.4 is 5.32 Å². The molecule has 1 heterocycles. The molecule has 5 N–H and O–H groups in total. The molecule has 7 nitrogen and oxygen atoms in total. The van der Waals surface area contributed by atoms with Gasteiger partial charge >= 0.3 is 0 Å². The third-order valence-corrected chi connectivity index (χ3v) is 4.94. The first-order chi connectivity index (χ1) is 15.0. The van der Waals surface area contributed by atoms with Crippen LogP contribution in [-0.4, -0.2) is 37.3 Å². The Morgan fingerprint density at radius 1 is 0.968 bits per heavy atom. The average molecular weight is 421 g/mol. The molecule has 0 unspecified atom stereocenters. The SMILES string of the molecule is C=C/C=C1\C(=C/C)N(O)C(c2ccc(O)c(O)c2)=C(NCCCc2ccccc2)N1O. The van der Waals surface area contributed by atoms with Crippen molar-refractivity contribution < 1.29 is 20.6 Å². The number of aromatic hydroxyl groups is 2. The van der Waals surface area contributed by atoms with Crippen molar-refractivity contribution >= 4 is 5.70 Å². The van der Waals surface area contributed by atoms with Crippen molar-refractivity contribution in [2.24, 2.45) is 0 Å². The highest BCUT2D eigenvalue weighted by molar-refractivity contribution is 5.72. The minimum atomic E-state index is -0.333. The first-order valence-electron chi connectivity index (χ1n) is 9.99. The number of benzene rings is 2. The predicted molar refractivity (Wildman–Crippen MR) is 119 cm³/mol. The summed E-state index contributed by atoms with van der Waals surface area (Å²) in [6.07, 6.45) is 6.37. The molecule has 0 fully saturated rings. The summed E-state index contributed by atoms with van der Waals surface area (Å²) in [5, 5.41) is 46.6. The number of hydrogen-bond acceptors (Lipinski definition) is 7. The van der Waals surface area contributed by atoms with Crippen molar-refractivity contribution in [1.29, 1.82) is 0 Å². The Kier molecular flexibility index (Phi) is 7.02. The van der Waals surface area contributed by atoms with Crippen LogP contribution in [0.15, 0.2) is 90.6 Å². The topological polar surface area (TPSA) is 99.4 Å². The summed E-state index contributed by atoms with van der Waals surface area (Å²) in [7, 11) is 0. The van der Waals surface area contributed by atoms with Crippen molar-refractivity contribution in [2.75, 3.05) is 6.54 Å². The summed E-state index contributed by atoms with van der Waals surface area (Å²) in [4.78, 5) is 0. The maximum absolute atomic E-state index is 11.0. The van der Waals surface area contributed by atoms with Crippen molar-refractivity contribution in [3.63, 3.8) is 0 Å². The zero-order chi connectivity index (χ0) is 22.4. The van der Waals surface area contributed by atoms with Gasteiger partial charge in [0.05, 0.1) is 11.4 Å². The molecule has 0 saturated heterocycles. The standard InChI is InChI=1S/C24H27N3O4/c1-3-9-20-19(4-2)26(30)23(18-13-14-21(28)22(29)16-18)24(27(20)31)25-15-8-12-17-10-6-5-7-11-17/h3-7,9-11,13-14,16,25,28-31H,1,8,12,15H2,2H3/b19-4+,20-9+. The lowest BCUT2D eigenvalue weighted by atomic mass is 10.1. The third-order valence-electron chi connectivity index (χ3n) is 4.94. The molecule has 1 aliphatic heterocycles. The van der Waals surface area contributed by atoms with Gasteiger partial charge in [-0.2, -0.15) is 0 Å². The molecule has 0 bridgehead atoms. The molecule has 2 aromatic carbocycles. The highest BCUT2D eigenvalue weighted by Gasteiger charge is 2.33. The van der Waals surface area contributed by atoms with Crippen LogP contribution in [0.25, 0.3) is 5.70 Å². The van der Waals surface area contributed by atoms with Gasteiger partial charge in [-0.25, -0.2) is 10.1 Å². The quantitative estimate of drug-likeness (QED) is 0.335. The number of allylic oxidation sites excluding steroid dienone is 3. The molecule has 0 atom stereocenters. The van der Waals surface area contributed by atoms with E-state index < -0.39 is 0 Å². The lowest BCUT2D eigenvalue weighted by Gasteiger charge is -2.37. The van der Waals surface area contributed by atoms with E-state index in [0.29, 0.717) is 23.5 Å². The summed E-state index contributed by atoms with van der Waals surface area (Å²) in [5.74, 6) is -0.374. The Hall–Kier alpha value is -3.68. The van der Waals surface area contributed by atoms with Crippen LogP contribution in [-0.2, 0) is 6.42 Å². The van der Waals surface area contributed by atoms with E-state index in [1.807, 2.05) is 18.2 Å². The summed E-state index contributed by atoms with van der Waals surface area (Å²) >= 11 is 0. The van der Waals surface area contributed by atoms with Gasteiger partial charge in [0.15, 0.2) is 17.3 Å². The third kappa shape index (κ3) is 4.74. The summed E-state index contributed by atoms with van der Waals surface area (Å²) in [6, 6.07) is 14.3. The number of phenolic OH excluding ortho intramolecular Hbond substituents is 2. The fourth-order valence-electron chi connectivity index (χ4n) is 3.43. The fraction of sp³-hybridized carbons (Fsp3) is 0.167. The lowest BCUT2D eigenvalue weighted by Crippen LogP contribution is -2.40. The largest absolute Gasteiger partial charge is 0.504 e. The zero-order valence-corrected chi connectivity index (χ0v) is 17.4.